The fourth-order valence-corrected chi connectivity index (χ4v) is 2.50. The van der Waals surface area contributed by atoms with E-state index in [9.17, 15) is 4.79 Å². The lowest BCUT2D eigenvalue weighted by Gasteiger charge is -1.95. The summed E-state index contributed by atoms with van der Waals surface area (Å²) in [7, 11) is 0. The van der Waals surface area contributed by atoms with Gasteiger partial charge in [-0.15, -0.1) is 11.3 Å². The van der Waals surface area contributed by atoms with Crippen LogP contribution in [0.4, 0.5) is 0 Å². The molecule has 0 saturated heterocycles. The van der Waals surface area contributed by atoms with Gasteiger partial charge in [0.05, 0.1) is 5.56 Å². The molecule has 0 saturated carbocycles. The van der Waals surface area contributed by atoms with Gasteiger partial charge in [-0.05, 0) is 6.08 Å². The molecule has 0 aromatic carbocycles. The second kappa shape index (κ2) is 2.23. The van der Waals surface area contributed by atoms with Gasteiger partial charge in [-0.2, -0.15) is 4.99 Å². The van der Waals surface area contributed by atoms with E-state index < -0.39 is 0 Å². The lowest BCUT2D eigenvalue weighted by molar-refractivity contribution is 0.100. The van der Waals surface area contributed by atoms with E-state index in [-0.39, 0.29) is 5.91 Å². The van der Waals surface area contributed by atoms with E-state index in [2.05, 4.69) is 9.98 Å². The molecule has 0 radical (unpaired) electrons. The van der Waals surface area contributed by atoms with Crippen molar-refractivity contribution in [2.24, 2.45) is 9.98 Å². The molecule has 0 N–H and O–H groups in total. The lowest BCUT2D eigenvalue weighted by Crippen LogP contribution is -2.14. The molecule has 0 unspecified atom stereocenters. The second-order valence-corrected chi connectivity index (χ2v) is 3.80. The largest absolute Gasteiger partial charge is 0.282 e. The summed E-state index contributed by atoms with van der Waals surface area (Å²) < 4.78 is 1.89. The molecule has 1 aromatic rings. The zero-order chi connectivity index (χ0) is 8.84. The number of amides is 1. The first-order chi connectivity index (χ1) is 6.36. The molecule has 62 valence electrons. The highest BCUT2D eigenvalue weighted by atomic mass is 32.1. The Labute approximate surface area is 77.5 Å². The first kappa shape index (κ1) is 6.91. The van der Waals surface area contributed by atoms with Crippen molar-refractivity contribution in [1.82, 2.24) is 0 Å². The molecule has 0 bridgehead atoms. The first-order valence-corrected chi connectivity index (χ1v) is 4.64. The Morgan fingerprint density at radius 1 is 1.38 bits per heavy atom. The number of hydrogen-bond acceptors (Lipinski definition) is 3. The van der Waals surface area contributed by atoms with Gasteiger partial charge in [0.15, 0.2) is 0 Å². The van der Waals surface area contributed by atoms with Gasteiger partial charge in [-0.1, -0.05) is 12.2 Å². The SMILES string of the molecule is O=C1N=CN=c2sc3c(c21)C=CC=3. The Bertz CT molecular complexity index is 577. The fourth-order valence-electron chi connectivity index (χ4n) is 1.47. The van der Waals surface area contributed by atoms with Crippen molar-refractivity contribution < 1.29 is 4.79 Å². The zero-order valence-electron chi connectivity index (χ0n) is 6.52. The molecule has 13 heavy (non-hydrogen) atoms. The molecule has 2 heterocycles. The number of rotatable bonds is 0. The summed E-state index contributed by atoms with van der Waals surface area (Å²) in [4.78, 5) is 19.1. The standard InChI is InChI=1S/C9H4N2OS/c12-8-7-5-2-1-3-6(5)13-9(7)11-4-10-8/h1-4H. The molecule has 0 fully saturated rings. The van der Waals surface area contributed by atoms with E-state index in [0.717, 1.165) is 14.8 Å². The summed E-state index contributed by atoms with van der Waals surface area (Å²) in [5.41, 5.74) is 1.64. The predicted molar refractivity (Wildman–Crippen MR) is 51.4 cm³/mol. The van der Waals surface area contributed by atoms with Gasteiger partial charge in [-0.3, -0.25) is 4.79 Å². The number of carbonyl (C=O) groups excluding carboxylic acids is 1. The molecule has 0 spiro atoms. The number of aliphatic imine (C=N–C) groups is 1. The van der Waals surface area contributed by atoms with Crippen molar-refractivity contribution in [3.63, 3.8) is 0 Å². The van der Waals surface area contributed by atoms with E-state index in [0.29, 0.717) is 5.56 Å². The third-order valence-corrected chi connectivity index (χ3v) is 3.11. The second-order valence-electron chi connectivity index (χ2n) is 2.76. The topological polar surface area (TPSA) is 41.8 Å². The predicted octanol–water partition coefficient (Wildman–Crippen LogP) is 0.357. The van der Waals surface area contributed by atoms with Crippen LogP contribution in [-0.2, 0) is 0 Å². The van der Waals surface area contributed by atoms with Crippen molar-refractivity contribution in [3.8, 4) is 0 Å². The van der Waals surface area contributed by atoms with Crippen LogP contribution < -0.4 is 9.20 Å². The lowest BCUT2D eigenvalue weighted by atomic mass is 10.2. The Balaban J connectivity index is 2.52. The molecular formula is C9H4N2OS. The van der Waals surface area contributed by atoms with E-state index in [1.165, 1.54) is 17.7 Å². The van der Waals surface area contributed by atoms with Gasteiger partial charge in [0.1, 0.15) is 11.0 Å². The van der Waals surface area contributed by atoms with Crippen LogP contribution in [0.3, 0.4) is 0 Å². The van der Waals surface area contributed by atoms with Crippen LogP contribution in [0.25, 0.3) is 12.2 Å². The Morgan fingerprint density at radius 3 is 3.23 bits per heavy atom. The van der Waals surface area contributed by atoms with Crippen LogP contribution in [-0.4, -0.2) is 12.2 Å². The summed E-state index contributed by atoms with van der Waals surface area (Å²) >= 11 is 1.53. The van der Waals surface area contributed by atoms with Gasteiger partial charge in [-0.25, -0.2) is 4.99 Å². The molecule has 2 aliphatic rings. The molecule has 4 heteroatoms. The van der Waals surface area contributed by atoms with Gasteiger partial charge >= 0.3 is 0 Å². The van der Waals surface area contributed by atoms with Crippen molar-refractivity contribution >= 4 is 35.7 Å². The van der Waals surface area contributed by atoms with Crippen LogP contribution >= 0.6 is 11.3 Å². The Kier molecular flexibility index (Phi) is 1.19. The maximum absolute atomic E-state index is 11.4. The van der Waals surface area contributed by atoms with E-state index in [1.54, 1.807) is 0 Å². The van der Waals surface area contributed by atoms with Crippen molar-refractivity contribution in [3.05, 3.63) is 26.4 Å². The van der Waals surface area contributed by atoms with Gasteiger partial charge in [0, 0.05) is 10.1 Å². The van der Waals surface area contributed by atoms with Crippen molar-refractivity contribution in [2.45, 2.75) is 0 Å². The quantitative estimate of drug-likeness (QED) is 0.579. The molecule has 1 aliphatic carbocycles. The summed E-state index contributed by atoms with van der Waals surface area (Å²) in [6, 6.07) is 0. The number of hydrogen-bond donors (Lipinski definition) is 0. The molecule has 1 amide bonds. The van der Waals surface area contributed by atoms with E-state index in [1.807, 2.05) is 18.2 Å². The van der Waals surface area contributed by atoms with Crippen molar-refractivity contribution in [1.29, 1.82) is 0 Å². The van der Waals surface area contributed by atoms with Crippen LogP contribution in [0.2, 0.25) is 0 Å². The normalized spacial score (nSPS) is 16.5. The van der Waals surface area contributed by atoms with Crippen LogP contribution in [0, 0.1) is 0 Å². The van der Waals surface area contributed by atoms with E-state index >= 15 is 0 Å². The average molecular weight is 188 g/mol. The molecule has 3 nitrogen and oxygen atoms in total. The molecule has 0 atom stereocenters. The number of carbonyl (C=O) groups is 1. The van der Waals surface area contributed by atoms with Gasteiger partial charge in [0.25, 0.3) is 5.91 Å². The third-order valence-electron chi connectivity index (χ3n) is 2.03. The zero-order valence-corrected chi connectivity index (χ0v) is 7.34. The number of nitrogens with zero attached hydrogens (tertiary/aromatic N) is 2. The smallest absolute Gasteiger partial charge is 0.267 e. The van der Waals surface area contributed by atoms with Crippen molar-refractivity contribution in [2.75, 3.05) is 0 Å². The maximum atomic E-state index is 11.4. The average Bonchev–Trinajstić information content (AvgIpc) is 2.62. The van der Waals surface area contributed by atoms with Gasteiger partial charge in [0.2, 0.25) is 0 Å². The Hall–Kier alpha value is -1.55. The van der Waals surface area contributed by atoms with Crippen LogP contribution in [0.5, 0.6) is 0 Å². The molecular weight excluding hydrogens is 184 g/mol. The fraction of sp³-hybridized carbons (Fsp3) is 0. The minimum atomic E-state index is -0.178. The summed E-state index contributed by atoms with van der Waals surface area (Å²) in [5.74, 6) is -0.178. The van der Waals surface area contributed by atoms with E-state index in [4.69, 9.17) is 0 Å². The molecule has 1 aromatic heterocycles. The third kappa shape index (κ3) is 0.805. The summed E-state index contributed by atoms with van der Waals surface area (Å²) in [6.45, 7) is 0. The number of thiophene rings is 1. The number of fused-ring (bicyclic) bond motifs is 3. The summed E-state index contributed by atoms with van der Waals surface area (Å²) in [6.07, 6.45) is 7.17. The molecule has 3 rings (SSSR count). The highest BCUT2D eigenvalue weighted by Crippen LogP contribution is 2.12. The van der Waals surface area contributed by atoms with Gasteiger partial charge < -0.3 is 0 Å². The number of allylic oxidation sites excluding steroid dienone is 1. The molecule has 1 aliphatic heterocycles. The van der Waals surface area contributed by atoms with Crippen LogP contribution in [0.1, 0.15) is 15.9 Å². The minimum absolute atomic E-state index is 0.178. The van der Waals surface area contributed by atoms with Crippen LogP contribution in [0.15, 0.2) is 16.1 Å². The maximum Gasteiger partial charge on any atom is 0.282 e. The highest BCUT2D eigenvalue weighted by Gasteiger charge is 2.18. The summed E-state index contributed by atoms with van der Waals surface area (Å²) in [5, 5.41) is 0. The Morgan fingerprint density at radius 2 is 2.31 bits per heavy atom. The highest BCUT2D eigenvalue weighted by molar-refractivity contribution is 7.08. The first-order valence-electron chi connectivity index (χ1n) is 3.82. The monoisotopic (exact) mass is 188 g/mol. The minimum Gasteiger partial charge on any atom is -0.267 e.